The van der Waals surface area contributed by atoms with Crippen molar-refractivity contribution in [3.63, 3.8) is 0 Å². The first-order valence-corrected chi connectivity index (χ1v) is 13.2. The minimum Gasteiger partial charge on any atom is -0.460 e. The molecule has 0 saturated carbocycles. The number of unbranched alkanes of at least 4 members (excludes halogenated alkanes) is 4. The Morgan fingerprint density at radius 3 is 1.20 bits per heavy atom. The van der Waals surface area contributed by atoms with Crippen LogP contribution in [0, 0.1) is 0 Å². The van der Waals surface area contributed by atoms with Gasteiger partial charge in [-0.05, 0) is 27.2 Å². The Labute approximate surface area is 213 Å². The molecule has 35 heavy (non-hydrogen) atoms. The number of rotatable bonds is 27. The van der Waals surface area contributed by atoms with Crippen LogP contribution in [-0.2, 0) is 42.7 Å². The molecule has 0 spiro atoms. The molecule has 0 unspecified atom stereocenters. The molecule has 9 heteroatoms. The summed E-state index contributed by atoms with van der Waals surface area (Å²) in [5.74, 6) is -0.255. The number of esters is 1. The normalized spacial score (nSPS) is 11.8. The molecule has 0 rings (SSSR count). The first-order chi connectivity index (χ1) is 17.0. The molecule has 0 aliphatic rings. The van der Waals surface area contributed by atoms with Crippen LogP contribution in [0.15, 0.2) is 0 Å². The topological polar surface area (TPSA) is 90.9 Å². The largest absolute Gasteiger partial charge is 0.460 e. The second-order valence-electron chi connectivity index (χ2n) is 9.04. The van der Waals surface area contributed by atoms with Crippen LogP contribution >= 0.6 is 0 Å². The van der Waals surface area contributed by atoms with E-state index in [1.54, 1.807) is 0 Å². The Morgan fingerprint density at radius 1 is 0.486 bits per heavy atom. The van der Waals surface area contributed by atoms with Gasteiger partial charge in [-0.3, -0.25) is 4.79 Å². The summed E-state index contributed by atoms with van der Waals surface area (Å²) >= 11 is 0. The fourth-order valence-electron chi connectivity index (χ4n) is 2.78. The van der Waals surface area contributed by atoms with Gasteiger partial charge in [-0.1, -0.05) is 32.6 Å². The summed E-state index contributed by atoms with van der Waals surface area (Å²) in [5.41, 5.74) is -0.461. The van der Waals surface area contributed by atoms with Gasteiger partial charge in [-0.25, -0.2) is 0 Å². The third-order valence-corrected chi connectivity index (χ3v) is 4.49. The molecule has 0 aliphatic carbocycles. The molecule has 0 radical (unpaired) electrons. The third-order valence-electron chi connectivity index (χ3n) is 4.49. The fourth-order valence-corrected chi connectivity index (χ4v) is 2.78. The van der Waals surface area contributed by atoms with Gasteiger partial charge in [0.2, 0.25) is 0 Å². The first-order valence-electron chi connectivity index (χ1n) is 13.2. The fraction of sp³-hybridized carbons (Fsp3) is 0.962. The van der Waals surface area contributed by atoms with Gasteiger partial charge < -0.3 is 37.9 Å². The summed E-state index contributed by atoms with van der Waals surface area (Å²) in [7, 11) is 0. The SMILES string of the molecule is CCCCCCCOCCOCCOCCOCCOCCOCCOCCC(=O)OC(C)(C)C. The van der Waals surface area contributed by atoms with E-state index in [9.17, 15) is 4.79 Å². The molecule has 0 aromatic rings. The van der Waals surface area contributed by atoms with Crippen molar-refractivity contribution in [3.8, 4) is 0 Å². The second-order valence-corrected chi connectivity index (χ2v) is 9.04. The maximum absolute atomic E-state index is 11.5. The van der Waals surface area contributed by atoms with Gasteiger partial charge in [0.25, 0.3) is 0 Å². The lowest BCUT2D eigenvalue weighted by atomic mass is 10.2. The summed E-state index contributed by atoms with van der Waals surface area (Å²) in [6.07, 6.45) is 6.52. The molecule has 9 nitrogen and oxygen atoms in total. The van der Waals surface area contributed by atoms with Crippen molar-refractivity contribution >= 4 is 5.97 Å². The van der Waals surface area contributed by atoms with Crippen molar-refractivity contribution in [2.24, 2.45) is 0 Å². The second kappa shape index (κ2) is 26.3. The van der Waals surface area contributed by atoms with Crippen LogP contribution in [-0.4, -0.2) is 104 Å². The van der Waals surface area contributed by atoms with E-state index in [2.05, 4.69) is 6.92 Å². The average molecular weight is 509 g/mol. The molecule has 0 bridgehead atoms. The highest BCUT2D eigenvalue weighted by Crippen LogP contribution is 2.08. The van der Waals surface area contributed by atoms with E-state index in [1.165, 1.54) is 25.7 Å². The average Bonchev–Trinajstić information content (AvgIpc) is 2.80. The van der Waals surface area contributed by atoms with Crippen molar-refractivity contribution in [1.29, 1.82) is 0 Å². The van der Waals surface area contributed by atoms with E-state index in [4.69, 9.17) is 37.9 Å². The van der Waals surface area contributed by atoms with Crippen molar-refractivity contribution in [1.82, 2.24) is 0 Å². The van der Waals surface area contributed by atoms with Crippen LogP contribution in [0.25, 0.3) is 0 Å². The van der Waals surface area contributed by atoms with E-state index in [0.29, 0.717) is 85.9 Å². The lowest BCUT2D eigenvalue weighted by molar-refractivity contribution is -0.156. The Kier molecular flexibility index (Phi) is 25.7. The van der Waals surface area contributed by atoms with Gasteiger partial charge in [0, 0.05) is 6.61 Å². The molecule has 210 valence electrons. The third kappa shape index (κ3) is 31.2. The maximum Gasteiger partial charge on any atom is 0.308 e. The van der Waals surface area contributed by atoms with E-state index in [-0.39, 0.29) is 12.4 Å². The molecule has 0 N–H and O–H groups in total. The number of carbonyl (C=O) groups is 1. The highest BCUT2D eigenvalue weighted by atomic mass is 16.6. The lowest BCUT2D eigenvalue weighted by Crippen LogP contribution is -2.24. The van der Waals surface area contributed by atoms with Crippen molar-refractivity contribution in [2.45, 2.75) is 71.8 Å². The van der Waals surface area contributed by atoms with E-state index in [1.807, 2.05) is 20.8 Å². The molecular weight excluding hydrogens is 456 g/mol. The summed E-state index contributed by atoms with van der Waals surface area (Å²) in [5, 5.41) is 0. The summed E-state index contributed by atoms with van der Waals surface area (Å²) < 4.78 is 43.3. The molecule has 0 saturated heterocycles. The van der Waals surface area contributed by atoms with E-state index in [0.717, 1.165) is 13.0 Å². The molecular formula is C26H52O9. The molecule has 0 aromatic heterocycles. The van der Waals surface area contributed by atoms with Crippen molar-refractivity contribution < 1.29 is 42.7 Å². The standard InChI is InChI=1S/C26H52O9/c1-5-6-7-8-9-11-28-13-15-30-17-19-32-21-23-34-24-22-33-20-18-31-16-14-29-12-10-25(27)35-26(2,3)4/h5-24H2,1-4H3. The number of ether oxygens (including phenoxy) is 8. The first kappa shape index (κ1) is 34.2. The van der Waals surface area contributed by atoms with Crippen LogP contribution in [0.1, 0.15) is 66.2 Å². The Bertz CT molecular complexity index is 441. The van der Waals surface area contributed by atoms with Gasteiger partial charge in [0.1, 0.15) is 5.60 Å². The zero-order chi connectivity index (χ0) is 25.9. The van der Waals surface area contributed by atoms with Crippen LogP contribution < -0.4 is 0 Å². The smallest absolute Gasteiger partial charge is 0.308 e. The van der Waals surface area contributed by atoms with Gasteiger partial charge in [0.15, 0.2) is 0 Å². The Morgan fingerprint density at radius 2 is 0.829 bits per heavy atom. The Hall–Kier alpha value is -0.810. The summed E-state index contributed by atoms with van der Waals surface area (Å²) in [6.45, 7) is 15.3. The minimum atomic E-state index is -0.461. The van der Waals surface area contributed by atoms with Gasteiger partial charge in [0.05, 0.1) is 92.3 Å². The monoisotopic (exact) mass is 508 g/mol. The zero-order valence-electron chi connectivity index (χ0n) is 22.8. The van der Waals surface area contributed by atoms with Crippen molar-refractivity contribution in [2.75, 3.05) is 92.5 Å². The highest BCUT2D eigenvalue weighted by molar-refractivity contribution is 5.69. The Balaban J connectivity index is 3.09. The molecule has 0 atom stereocenters. The molecule has 0 aliphatic heterocycles. The van der Waals surface area contributed by atoms with Crippen LogP contribution in [0.4, 0.5) is 0 Å². The summed E-state index contributed by atoms with van der Waals surface area (Å²) in [6, 6.07) is 0. The van der Waals surface area contributed by atoms with Crippen LogP contribution in [0.5, 0.6) is 0 Å². The number of hydrogen-bond donors (Lipinski definition) is 0. The minimum absolute atomic E-state index is 0.244. The number of hydrogen-bond acceptors (Lipinski definition) is 9. The molecule has 0 amide bonds. The molecule has 0 heterocycles. The van der Waals surface area contributed by atoms with Crippen molar-refractivity contribution in [3.05, 3.63) is 0 Å². The van der Waals surface area contributed by atoms with Gasteiger partial charge >= 0.3 is 5.97 Å². The predicted molar refractivity (Wildman–Crippen MR) is 135 cm³/mol. The predicted octanol–water partition coefficient (Wildman–Crippen LogP) is 3.80. The zero-order valence-corrected chi connectivity index (χ0v) is 22.8. The van der Waals surface area contributed by atoms with E-state index >= 15 is 0 Å². The molecule has 0 aromatic carbocycles. The molecule has 0 fully saturated rings. The highest BCUT2D eigenvalue weighted by Gasteiger charge is 2.15. The van der Waals surface area contributed by atoms with Gasteiger partial charge in [-0.2, -0.15) is 0 Å². The maximum atomic E-state index is 11.5. The number of carbonyl (C=O) groups excluding carboxylic acids is 1. The van der Waals surface area contributed by atoms with Crippen LogP contribution in [0.2, 0.25) is 0 Å². The van der Waals surface area contributed by atoms with Crippen LogP contribution in [0.3, 0.4) is 0 Å². The lowest BCUT2D eigenvalue weighted by Gasteiger charge is -2.19. The van der Waals surface area contributed by atoms with E-state index < -0.39 is 5.60 Å². The quantitative estimate of drug-likeness (QED) is 0.121. The summed E-state index contributed by atoms with van der Waals surface area (Å²) in [4.78, 5) is 11.5. The van der Waals surface area contributed by atoms with Gasteiger partial charge in [-0.15, -0.1) is 0 Å².